The van der Waals surface area contributed by atoms with Crippen LogP contribution in [-0.4, -0.2) is 49.2 Å². The Kier molecular flexibility index (Phi) is 3.55. The molecular formula is C19H29NO4. The average Bonchev–Trinajstić information content (AvgIpc) is 3.07. The van der Waals surface area contributed by atoms with E-state index in [1.54, 1.807) is 0 Å². The van der Waals surface area contributed by atoms with E-state index in [1.807, 2.05) is 0 Å². The minimum Gasteiger partial charge on any atom is -0.469 e. The van der Waals surface area contributed by atoms with Gasteiger partial charge < -0.3 is 9.47 Å². The van der Waals surface area contributed by atoms with Crippen molar-refractivity contribution in [2.45, 2.75) is 58.2 Å². The van der Waals surface area contributed by atoms with Crippen LogP contribution in [0, 0.1) is 35.0 Å². The number of ether oxygens (including phenoxy) is 2. The van der Waals surface area contributed by atoms with Gasteiger partial charge in [0.25, 0.3) is 0 Å². The summed E-state index contributed by atoms with van der Waals surface area (Å²) in [6, 6.07) is 0.420. The molecule has 2 aliphatic carbocycles. The lowest BCUT2D eigenvalue weighted by molar-refractivity contribution is -0.146. The van der Waals surface area contributed by atoms with Crippen molar-refractivity contribution in [1.29, 1.82) is 0 Å². The lowest BCUT2D eigenvalue weighted by Gasteiger charge is -2.49. The van der Waals surface area contributed by atoms with Crippen LogP contribution in [0.15, 0.2) is 0 Å². The molecule has 2 saturated carbocycles. The number of nitrogens with zero attached hydrogens (tertiary/aromatic N) is 1. The Balaban J connectivity index is 1.76. The van der Waals surface area contributed by atoms with Gasteiger partial charge in [-0.15, -0.1) is 0 Å². The first-order chi connectivity index (χ1) is 11.3. The van der Waals surface area contributed by atoms with Gasteiger partial charge >= 0.3 is 11.9 Å². The van der Waals surface area contributed by atoms with Crippen molar-refractivity contribution in [3.8, 4) is 0 Å². The molecule has 5 nitrogen and oxygen atoms in total. The molecule has 4 aliphatic rings. The van der Waals surface area contributed by atoms with Crippen LogP contribution in [0.4, 0.5) is 0 Å². The number of carbonyl (C=O) groups excluding carboxylic acids is 2. The van der Waals surface area contributed by atoms with Gasteiger partial charge in [-0.2, -0.15) is 0 Å². The Morgan fingerprint density at radius 3 is 2.67 bits per heavy atom. The summed E-state index contributed by atoms with van der Waals surface area (Å²) in [4.78, 5) is 26.9. The molecule has 4 fully saturated rings. The number of carbonyl (C=O) groups is 2. The monoisotopic (exact) mass is 335 g/mol. The van der Waals surface area contributed by atoms with E-state index in [1.165, 1.54) is 7.11 Å². The minimum atomic E-state index is -0.139. The molecule has 0 amide bonds. The molecule has 134 valence electrons. The molecule has 0 unspecified atom stereocenters. The molecule has 0 aromatic heterocycles. The first-order valence-electron chi connectivity index (χ1n) is 9.31. The fourth-order valence-corrected chi connectivity index (χ4v) is 7.08. The largest absolute Gasteiger partial charge is 0.469 e. The summed E-state index contributed by atoms with van der Waals surface area (Å²) in [5.41, 5.74) is 0.0698. The highest BCUT2D eigenvalue weighted by molar-refractivity contribution is 5.77. The number of methoxy groups -OCH3 is 1. The molecule has 2 bridgehead atoms. The number of hydrogen-bond donors (Lipinski definition) is 0. The van der Waals surface area contributed by atoms with Gasteiger partial charge in [0, 0.05) is 12.0 Å². The zero-order valence-electron chi connectivity index (χ0n) is 15.3. The van der Waals surface area contributed by atoms with E-state index >= 15 is 0 Å². The molecule has 5 heteroatoms. The van der Waals surface area contributed by atoms with Crippen molar-refractivity contribution in [2.75, 3.05) is 14.2 Å². The number of fused-ring (bicyclic) bond motifs is 4. The van der Waals surface area contributed by atoms with Crippen LogP contribution in [0.25, 0.3) is 0 Å². The highest BCUT2D eigenvalue weighted by Crippen LogP contribution is 2.68. The quantitative estimate of drug-likeness (QED) is 0.739. The Morgan fingerprint density at radius 2 is 2.04 bits per heavy atom. The van der Waals surface area contributed by atoms with Gasteiger partial charge in [-0.25, -0.2) is 0 Å². The van der Waals surface area contributed by atoms with Gasteiger partial charge in [0.15, 0.2) is 0 Å². The normalized spacial score (nSPS) is 49.4. The molecule has 4 rings (SSSR count). The van der Waals surface area contributed by atoms with E-state index in [0.29, 0.717) is 30.1 Å². The van der Waals surface area contributed by atoms with Gasteiger partial charge in [-0.1, -0.05) is 20.8 Å². The van der Waals surface area contributed by atoms with E-state index in [-0.39, 0.29) is 41.5 Å². The van der Waals surface area contributed by atoms with Crippen LogP contribution < -0.4 is 0 Å². The third-order valence-electron chi connectivity index (χ3n) is 7.89. The fourth-order valence-electron chi connectivity index (χ4n) is 7.08. The zero-order valence-corrected chi connectivity index (χ0v) is 15.3. The summed E-state index contributed by atoms with van der Waals surface area (Å²) in [5, 5.41) is 0. The molecule has 8 atom stereocenters. The van der Waals surface area contributed by atoms with Crippen LogP contribution >= 0.6 is 0 Å². The smallest absolute Gasteiger partial charge is 0.310 e. The van der Waals surface area contributed by atoms with E-state index in [2.05, 4.69) is 32.7 Å². The number of likely N-dealkylation sites (tertiary alicyclic amines) is 1. The van der Waals surface area contributed by atoms with E-state index in [4.69, 9.17) is 9.47 Å². The van der Waals surface area contributed by atoms with Crippen molar-refractivity contribution in [1.82, 2.24) is 4.90 Å². The first kappa shape index (κ1) is 16.4. The lowest BCUT2D eigenvalue weighted by Crippen LogP contribution is -2.57. The summed E-state index contributed by atoms with van der Waals surface area (Å²) in [6.07, 6.45) is 2.59. The SMILES string of the molecule is COC(=O)C[C@@H]1[C@H]2CC[C@H]3[C@H]4C(=O)O[C@H]([C@H]4C(C)C)[C@@H](N1C)[C@@]23C. The molecule has 2 saturated heterocycles. The van der Waals surface area contributed by atoms with Gasteiger partial charge in [0.05, 0.1) is 25.5 Å². The molecule has 2 aliphatic heterocycles. The van der Waals surface area contributed by atoms with Crippen LogP contribution in [-0.2, 0) is 19.1 Å². The predicted molar refractivity (Wildman–Crippen MR) is 88.0 cm³/mol. The Labute approximate surface area is 144 Å². The molecule has 0 radical (unpaired) electrons. The van der Waals surface area contributed by atoms with E-state index < -0.39 is 0 Å². The highest BCUT2D eigenvalue weighted by Gasteiger charge is 2.73. The first-order valence-corrected chi connectivity index (χ1v) is 9.31. The maximum Gasteiger partial charge on any atom is 0.310 e. The van der Waals surface area contributed by atoms with Gasteiger partial charge in [-0.3, -0.25) is 14.5 Å². The summed E-state index contributed by atoms with van der Waals surface area (Å²) in [7, 11) is 3.57. The fraction of sp³-hybridized carbons (Fsp3) is 0.895. The van der Waals surface area contributed by atoms with Crippen molar-refractivity contribution < 1.29 is 19.1 Å². The maximum absolute atomic E-state index is 12.6. The lowest BCUT2D eigenvalue weighted by atomic mass is 9.55. The second-order valence-corrected chi connectivity index (χ2v) is 8.86. The van der Waals surface area contributed by atoms with Crippen LogP contribution in [0.1, 0.15) is 40.0 Å². The summed E-state index contributed by atoms with van der Waals surface area (Å²) < 4.78 is 10.9. The van der Waals surface area contributed by atoms with Crippen molar-refractivity contribution in [3.63, 3.8) is 0 Å². The van der Waals surface area contributed by atoms with Crippen molar-refractivity contribution in [3.05, 3.63) is 0 Å². The number of esters is 2. The Morgan fingerprint density at radius 1 is 1.38 bits per heavy atom. The molecule has 0 spiro atoms. The molecule has 0 N–H and O–H groups in total. The van der Waals surface area contributed by atoms with Crippen molar-refractivity contribution in [2.24, 2.45) is 35.0 Å². The second kappa shape index (κ2) is 5.20. The third-order valence-corrected chi connectivity index (χ3v) is 7.89. The summed E-state index contributed by atoms with van der Waals surface area (Å²) in [5.74, 6) is 1.51. The molecule has 0 aromatic carbocycles. The highest BCUT2D eigenvalue weighted by atomic mass is 16.6. The van der Waals surface area contributed by atoms with Crippen LogP contribution in [0.3, 0.4) is 0 Å². The predicted octanol–water partition coefficient (Wildman–Crippen LogP) is 2.09. The molecule has 24 heavy (non-hydrogen) atoms. The Bertz CT molecular complexity index is 576. The summed E-state index contributed by atoms with van der Waals surface area (Å²) >= 11 is 0. The topological polar surface area (TPSA) is 55.8 Å². The standard InChI is InChI=1S/C19H29NO4/c1-9(2)14-15-11-7-6-10-12(8-13(21)23-5)20(4)17(19(10,11)3)16(14)24-18(15)22/h9-12,14-17H,6-8H2,1-5H3/t10-,11+,12-,14+,15-,16-,17-,19+/m1/s1. The van der Waals surface area contributed by atoms with Crippen LogP contribution in [0.5, 0.6) is 0 Å². The number of likely N-dealkylation sites (N-methyl/N-ethyl adjacent to an activating group) is 1. The molecule has 2 heterocycles. The Hall–Kier alpha value is -1.10. The van der Waals surface area contributed by atoms with Crippen molar-refractivity contribution >= 4 is 11.9 Å². The van der Waals surface area contributed by atoms with Gasteiger partial charge in [0.1, 0.15) is 6.10 Å². The van der Waals surface area contributed by atoms with Gasteiger partial charge in [-0.05, 0) is 43.1 Å². The average molecular weight is 335 g/mol. The maximum atomic E-state index is 12.6. The van der Waals surface area contributed by atoms with E-state index in [0.717, 1.165) is 12.8 Å². The number of hydrogen-bond acceptors (Lipinski definition) is 5. The molecule has 0 aromatic rings. The summed E-state index contributed by atoms with van der Waals surface area (Å²) in [6.45, 7) is 6.78. The molecular weight excluding hydrogens is 306 g/mol. The zero-order chi connectivity index (χ0) is 17.4. The minimum absolute atomic E-state index is 0.0258. The van der Waals surface area contributed by atoms with Gasteiger partial charge in [0.2, 0.25) is 0 Å². The second-order valence-electron chi connectivity index (χ2n) is 8.86. The van der Waals surface area contributed by atoms with Crippen LogP contribution in [0.2, 0.25) is 0 Å². The third kappa shape index (κ3) is 1.80. The van der Waals surface area contributed by atoms with E-state index in [9.17, 15) is 9.59 Å². The number of rotatable bonds is 3.